The third-order valence-electron chi connectivity index (χ3n) is 2.47. The minimum Gasteiger partial charge on any atom is -0.366 e. The number of rotatable bonds is 4. The summed E-state index contributed by atoms with van der Waals surface area (Å²) in [6.45, 7) is 3.25. The van der Waals surface area contributed by atoms with Crippen molar-refractivity contribution in [2.45, 2.75) is 12.5 Å². The van der Waals surface area contributed by atoms with Crippen LogP contribution in [0.25, 0.3) is 0 Å². The lowest BCUT2D eigenvalue weighted by Gasteiger charge is -2.19. The van der Waals surface area contributed by atoms with E-state index in [0.717, 1.165) is 31.9 Å². The number of aromatic nitrogens is 2. The maximum Gasteiger partial charge on any atom is 0.257 e. The molecule has 1 aliphatic rings. The minimum absolute atomic E-state index is 0.0886. The molecule has 1 aliphatic heterocycles. The number of hydrogen-bond acceptors (Lipinski definition) is 6. The molecule has 1 atom stereocenters. The summed E-state index contributed by atoms with van der Waals surface area (Å²) < 4.78 is 10.7. The molecule has 1 saturated heterocycles. The second kappa shape index (κ2) is 5.38. The van der Waals surface area contributed by atoms with Gasteiger partial charge in [-0.15, -0.1) is 0 Å². The lowest BCUT2D eigenvalue weighted by atomic mass is 10.3. The van der Waals surface area contributed by atoms with E-state index in [-0.39, 0.29) is 6.10 Å². The summed E-state index contributed by atoms with van der Waals surface area (Å²) in [4.78, 5) is 6.43. The molecule has 2 heterocycles. The summed E-state index contributed by atoms with van der Waals surface area (Å²) in [6, 6.07) is 0. The largest absolute Gasteiger partial charge is 0.366 e. The minimum atomic E-state index is -0.0886. The van der Waals surface area contributed by atoms with E-state index in [9.17, 15) is 0 Å². The molecule has 6 nitrogen and oxygen atoms in total. The maximum atomic E-state index is 5.53. The Morgan fingerprint density at radius 3 is 3.06 bits per heavy atom. The van der Waals surface area contributed by atoms with Crippen LogP contribution in [0, 0.1) is 0 Å². The molecule has 0 radical (unpaired) electrons. The van der Waals surface area contributed by atoms with Gasteiger partial charge in [-0.3, -0.25) is 0 Å². The molecule has 6 heteroatoms. The van der Waals surface area contributed by atoms with Gasteiger partial charge in [0.15, 0.2) is 5.82 Å². The number of hydrogen-bond donors (Lipinski definition) is 1. The van der Waals surface area contributed by atoms with Crippen LogP contribution in [0.1, 0.15) is 17.8 Å². The van der Waals surface area contributed by atoms with Gasteiger partial charge in [0.25, 0.3) is 5.89 Å². The second-order valence-corrected chi connectivity index (χ2v) is 4.17. The van der Waals surface area contributed by atoms with Crippen molar-refractivity contribution in [1.82, 2.24) is 20.4 Å². The summed E-state index contributed by atoms with van der Waals surface area (Å²) in [5.41, 5.74) is 0. The molecule has 16 heavy (non-hydrogen) atoms. The molecule has 0 bridgehead atoms. The lowest BCUT2D eigenvalue weighted by molar-refractivity contribution is 0.00755. The van der Waals surface area contributed by atoms with Crippen molar-refractivity contribution in [3.8, 4) is 0 Å². The molecule has 0 spiro atoms. The molecule has 0 aliphatic carbocycles. The Hall–Kier alpha value is -0.980. The first-order valence-corrected chi connectivity index (χ1v) is 5.55. The van der Waals surface area contributed by atoms with Crippen LogP contribution in [0.3, 0.4) is 0 Å². The van der Waals surface area contributed by atoms with Crippen LogP contribution in [-0.4, -0.2) is 55.4 Å². The number of ether oxygens (including phenoxy) is 1. The van der Waals surface area contributed by atoms with E-state index < -0.39 is 0 Å². The van der Waals surface area contributed by atoms with Gasteiger partial charge >= 0.3 is 0 Å². The molecular formula is C10H18N4O2. The van der Waals surface area contributed by atoms with Gasteiger partial charge in [0.1, 0.15) is 6.10 Å². The smallest absolute Gasteiger partial charge is 0.257 e. The molecular weight excluding hydrogens is 208 g/mol. The van der Waals surface area contributed by atoms with E-state index in [2.05, 4.69) is 20.4 Å². The highest BCUT2D eigenvalue weighted by atomic mass is 16.5. The quantitative estimate of drug-likeness (QED) is 0.769. The van der Waals surface area contributed by atoms with Crippen LogP contribution in [0.4, 0.5) is 0 Å². The number of likely N-dealkylation sites (N-methyl/N-ethyl adjacent to an activating group) is 1. The standard InChI is InChI=1S/C10H18N4O2/c1-14(2)5-3-9-12-10(16-13-9)8-7-11-4-6-15-8/h8,11H,3-7H2,1-2H3. The molecule has 1 N–H and O–H groups in total. The first kappa shape index (κ1) is 11.5. The summed E-state index contributed by atoms with van der Waals surface area (Å²) in [7, 11) is 4.05. The normalized spacial score (nSPS) is 21.6. The number of morpholine rings is 1. The molecule has 0 saturated carbocycles. The van der Waals surface area contributed by atoms with Crippen molar-refractivity contribution in [3.05, 3.63) is 11.7 Å². The van der Waals surface area contributed by atoms with Gasteiger partial charge in [0.05, 0.1) is 6.61 Å². The Morgan fingerprint density at radius 2 is 2.38 bits per heavy atom. The van der Waals surface area contributed by atoms with Crippen molar-refractivity contribution < 1.29 is 9.26 Å². The molecule has 1 unspecified atom stereocenters. The zero-order valence-corrected chi connectivity index (χ0v) is 9.77. The van der Waals surface area contributed by atoms with Crippen molar-refractivity contribution >= 4 is 0 Å². The third kappa shape index (κ3) is 3.01. The van der Waals surface area contributed by atoms with Crippen LogP contribution >= 0.6 is 0 Å². The first-order valence-electron chi connectivity index (χ1n) is 5.55. The second-order valence-electron chi connectivity index (χ2n) is 4.17. The lowest BCUT2D eigenvalue weighted by Crippen LogP contribution is -2.33. The molecule has 0 amide bonds. The van der Waals surface area contributed by atoms with E-state index in [0.29, 0.717) is 12.5 Å². The van der Waals surface area contributed by atoms with Crippen molar-refractivity contribution in [2.75, 3.05) is 40.3 Å². The Bertz CT molecular complexity index is 320. The topological polar surface area (TPSA) is 63.4 Å². The van der Waals surface area contributed by atoms with E-state index in [1.165, 1.54) is 0 Å². The van der Waals surface area contributed by atoms with Crippen molar-refractivity contribution in [3.63, 3.8) is 0 Å². The van der Waals surface area contributed by atoms with Gasteiger partial charge in [-0.2, -0.15) is 4.98 Å². The fourth-order valence-electron chi connectivity index (χ4n) is 1.55. The zero-order valence-electron chi connectivity index (χ0n) is 9.77. The fourth-order valence-corrected chi connectivity index (χ4v) is 1.55. The van der Waals surface area contributed by atoms with Crippen LogP contribution in [-0.2, 0) is 11.2 Å². The average Bonchev–Trinajstić information content (AvgIpc) is 2.76. The van der Waals surface area contributed by atoms with Crippen LogP contribution in [0.2, 0.25) is 0 Å². The zero-order chi connectivity index (χ0) is 11.4. The van der Waals surface area contributed by atoms with Crippen molar-refractivity contribution in [1.29, 1.82) is 0 Å². The Balaban J connectivity index is 1.90. The van der Waals surface area contributed by atoms with Crippen molar-refractivity contribution in [2.24, 2.45) is 0 Å². The Kier molecular flexibility index (Phi) is 3.87. The van der Waals surface area contributed by atoms with Crippen LogP contribution in [0.5, 0.6) is 0 Å². The van der Waals surface area contributed by atoms with Gasteiger partial charge in [-0.25, -0.2) is 0 Å². The van der Waals surface area contributed by atoms with Crippen LogP contribution < -0.4 is 5.32 Å². The molecule has 2 rings (SSSR count). The number of nitrogens with one attached hydrogen (secondary N) is 1. The highest BCUT2D eigenvalue weighted by molar-refractivity contribution is 4.92. The molecule has 1 aromatic heterocycles. The van der Waals surface area contributed by atoms with Gasteiger partial charge < -0.3 is 19.5 Å². The monoisotopic (exact) mass is 226 g/mol. The summed E-state index contributed by atoms with van der Waals surface area (Å²) in [6.07, 6.45) is 0.714. The van der Waals surface area contributed by atoms with Gasteiger partial charge in [-0.1, -0.05) is 5.16 Å². The summed E-state index contributed by atoms with van der Waals surface area (Å²) in [5, 5.41) is 7.17. The Morgan fingerprint density at radius 1 is 1.50 bits per heavy atom. The van der Waals surface area contributed by atoms with E-state index in [1.807, 2.05) is 14.1 Å². The molecule has 1 fully saturated rings. The maximum absolute atomic E-state index is 5.53. The number of nitrogens with zero attached hydrogens (tertiary/aromatic N) is 3. The highest BCUT2D eigenvalue weighted by Crippen LogP contribution is 2.16. The molecule has 1 aromatic rings. The van der Waals surface area contributed by atoms with E-state index in [4.69, 9.17) is 9.26 Å². The van der Waals surface area contributed by atoms with Gasteiger partial charge in [-0.05, 0) is 14.1 Å². The molecule has 0 aromatic carbocycles. The summed E-state index contributed by atoms with van der Waals surface area (Å²) in [5.74, 6) is 1.33. The fraction of sp³-hybridized carbons (Fsp3) is 0.800. The SMILES string of the molecule is CN(C)CCc1noc(C2CNCCO2)n1. The molecule has 90 valence electrons. The van der Waals surface area contributed by atoms with Crippen LogP contribution in [0.15, 0.2) is 4.52 Å². The predicted octanol–water partition coefficient (Wildman–Crippen LogP) is -0.165. The van der Waals surface area contributed by atoms with E-state index >= 15 is 0 Å². The predicted molar refractivity (Wildman–Crippen MR) is 58.1 cm³/mol. The third-order valence-corrected chi connectivity index (χ3v) is 2.47. The van der Waals surface area contributed by atoms with Gasteiger partial charge in [0.2, 0.25) is 0 Å². The first-order chi connectivity index (χ1) is 7.75. The highest BCUT2D eigenvalue weighted by Gasteiger charge is 2.21. The Labute approximate surface area is 95.0 Å². The summed E-state index contributed by atoms with van der Waals surface area (Å²) >= 11 is 0. The van der Waals surface area contributed by atoms with E-state index in [1.54, 1.807) is 0 Å². The van der Waals surface area contributed by atoms with Gasteiger partial charge in [0, 0.05) is 26.1 Å². The average molecular weight is 226 g/mol.